The SMILES string of the molecule is CCc1ccc(S(=O)(=O)NC(C)(CBr)c2ccccc2)s1. The molecule has 1 aromatic carbocycles. The van der Waals surface area contributed by atoms with Crippen LogP contribution in [0.1, 0.15) is 24.3 Å². The van der Waals surface area contributed by atoms with Gasteiger partial charge in [-0.25, -0.2) is 8.42 Å². The minimum atomic E-state index is -3.53. The second-order valence-electron chi connectivity index (χ2n) is 5.01. The summed E-state index contributed by atoms with van der Waals surface area (Å²) in [5.41, 5.74) is 0.244. The summed E-state index contributed by atoms with van der Waals surface area (Å²) in [5.74, 6) is 0. The molecule has 0 saturated heterocycles. The number of hydrogen-bond donors (Lipinski definition) is 1. The maximum atomic E-state index is 12.6. The number of rotatable bonds is 6. The van der Waals surface area contributed by atoms with E-state index < -0.39 is 15.6 Å². The molecule has 3 nitrogen and oxygen atoms in total. The molecule has 21 heavy (non-hydrogen) atoms. The second-order valence-corrected chi connectivity index (χ2v) is 8.65. The summed E-state index contributed by atoms with van der Waals surface area (Å²) in [6.07, 6.45) is 0.842. The molecule has 0 amide bonds. The molecule has 0 radical (unpaired) electrons. The molecule has 0 aliphatic rings. The number of thiophene rings is 1. The van der Waals surface area contributed by atoms with Crippen molar-refractivity contribution in [3.8, 4) is 0 Å². The minimum Gasteiger partial charge on any atom is -0.206 e. The molecule has 0 aliphatic carbocycles. The Morgan fingerprint density at radius 1 is 1.19 bits per heavy atom. The normalized spacial score (nSPS) is 14.8. The van der Waals surface area contributed by atoms with E-state index in [0.29, 0.717) is 9.54 Å². The van der Waals surface area contributed by atoms with Gasteiger partial charge in [-0.3, -0.25) is 0 Å². The van der Waals surface area contributed by atoms with Gasteiger partial charge in [-0.1, -0.05) is 53.2 Å². The zero-order valence-corrected chi connectivity index (χ0v) is 15.2. The molecule has 1 aromatic heterocycles. The van der Waals surface area contributed by atoms with Crippen molar-refractivity contribution in [3.63, 3.8) is 0 Å². The van der Waals surface area contributed by atoms with Gasteiger partial charge in [0.25, 0.3) is 10.0 Å². The van der Waals surface area contributed by atoms with Crippen molar-refractivity contribution in [2.75, 3.05) is 5.33 Å². The summed E-state index contributed by atoms with van der Waals surface area (Å²) in [5, 5.41) is 0.495. The van der Waals surface area contributed by atoms with E-state index in [1.54, 1.807) is 6.07 Å². The molecule has 6 heteroatoms. The average molecular weight is 388 g/mol. The molecule has 1 unspecified atom stereocenters. The Kier molecular flexibility index (Phi) is 5.24. The highest BCUT2D eigenvalue weighted by Gasteiger charge is 2.32. The van der Waals surface area contributed by atoms with E-state index in [1.165, 1.54) is 11.3 Å². The van der Waals surface area contributed by atoms with Crippen molar-refractivity contribution in [1.82, 2.24) is 4.72 Å². The molecule has 0 fully saturated rings. The van der Waals surface area contributed by atoms with Gasteiger partial charge in [-0.2, -0.15) is 4.72 Å². The lowest BCUT2D eigenvalue weighted by Gasteiger charge is -2.28. The number of nitrogens with one attached hydrogen (secondary N) is 1. The van der Waals surface area contributed by atoms with Crippen LogP contribution in [0.5, 0.6) is 0 Å². The van der Waals surface area contributed by atoms with Crippen LogP contribution in [0.15, 0.2) is 46.7 Å². The van der Waals surface area contributed by atoms with E-state index in [4.69, 9.17) is 0 Å². The van der Waals surface area contributed by atoms with Crippen molar-refractivity contribution in [2.24, 2.45) is 0 Å². The molecular weight excluding hydrogens is 370 g/mol. The molecule has 0 saturated carbocycles. The van der Waals surface area contributed by atoms with Crippen molar-refractivity contribution in [2.45, 2.75) is 30.0 Å². The summed E-state index contributed by atoms with van der Waals surface area (Å²) in [4.78, 5) is 1.07. The summed E-state index contributed by atoms with van der Waals surface area (Å²) in [7, 11) is -3.53. The smallest absolute Gasteiger partial charge is 0.206 e. The van der Waals surface area contributed by atoms with Crippen molar-refractivity contribution in [3.05, 3.63) is 52.9 Å². The van der Waals surface area contributed by atoms with Crippen LogP contribution in [0.4, 0.5) is 0 Å². The van der Waals surface area contributed by atoms with E-state index in [-0.39, 0.29) is 0 Å². The predicted octanol–water partition coefficient (Wildman–Crippen LogP) is 3.90. The van der Waals surface area contributed by atoms with E-state index in [2.05, 4.69) is 20.7 Å². The topological polar surface area (TPSA) is 46.2 Å². The Morgan fingerprint density at radius 2 is 1.86 bits per heavy atom. The molecule has 1 heterocycles. The molecule has 1 N–H and O–H groups in total. The molecule has 1 atom stereocenters. The van der Waals surface area contributed by atoms with Gasteiger partial charge in [-0.05, 0) is 31.0 Å². The van der Waals surface area contributed by atoms with Crippen molar-refractivity contribution < 1.29 is 8.42 Å². The minimum absolute atomic E-state index is 0.363. The van der Waals surface area contributed by atoms with E-state index in [9.17, 15) is 8.42 Å². The molecule has 0 bridgehead atoms. The van der Waals surface area contributed by atoms with Crippen LogP contribution in [-0.4, -0.2) is 13.7 Å². The Bertz CT molecular complexity index is 697. The lowest BCUT2D eigenvalue weighted by Crippen LogP contribution is -2.44. The van der Waals surface area contributed by atoms with Crippen LogP contribution >= 0.6 is 27.3 Å². The second kappa shape index (κ2) is 6.60. The average Bonchev–Trinajstić information content (AvgIpc) is 2.97. The number of aryl methyl sites for hydroxylation is 1. The van der Waals surface area contributed by atoms with Crippen LogP contribution in [0, 0.1) is 0 Å². The fourth-order valence-electron chi connectivity index (χ4n) is 2.01. The third-order valence-electron chi connectivity index (χ3n) is 3.29. The van der Waals surface area contributed by atoms with Gasteiger partial charge in [0.05, 0.1) is 5.54 Å². The van der Waals surface area contributed by atoms with E-state index in [0.717, 1.165) is 16.9 Å². The Balaban J connectivity index is 2.33. The van der Waals surface area contributed by atoms with Gasteiger partial charge < -0.3 is 0 Å². The summed E-state index contributed by atoms with van der Waals surface area (Å²) >= 11 is 4.75. The molecular formula is C15H18BrNO2S2. The zero-order chi connectivity index (χ0) is 15.5. The number of benzene rings is 1. The fraction of sp³-hybridized carbons (Fsp3) is 0.333. The third-order valence-corrected chi connectivity index (χ3v) is 7.73. The van der Waals surface area contributed by atoms with Gasteiger partial charge in [0.2, 0.25) is 0 Å². The van der Waals surface area contributed by atoms with Crippen molar-refractivity contribution in [1.29, 1.82) is 0 Å². The lowest BCUT2D eigenvalue weighted by molar-refractivity contribution is 0.483. The van der Waals surface area contributed by atoms with Crippen molar-refractivity contribution >= 4 is 37.3 Å². The monoisotopic (exact) mass is 387 g/mol. The number of alkyl halides is 1. The Hall–Kier alpha value is -0.690. The van der Waals surface area contributed by atoms with Gasteiger partial charge in [-0.15, -0.1) is 11.3 Å². The van der Waals surface area contributed by atoms with Gasteiger partial charge in [0.1, 0.15) is 4.21 Å². The first-order valence-electron chi connectivity index (χ1n) is 6.65. The summed E-state index contributed by atoms with van der Waals surface area (Å²) in [6.45, 7) is 3.89. The van der Waals surface area contributed by atoms with E-state index in [1.807, 2.05) is 50.2 Å². The molecule has 2 rings (SSSR count). The number of hydrogen-bond acceptors (Lipinski definition) is 3. The van der Waals surface area contributed by atoms with Crippen LogP contribution in [0.2, 0.25) is 0 Å². The largest absolute Gasteiger partial charge is 0.250 e. The fourth-order valence-corrected chi connectivity index (χ4v) is 5.35. The predicted molar refractivity (Wildman–Crippen MR) is 91.6 cm³/mol. The quantitative estimate of drug-likeness (QED) is 0.763. The Morgan fingerprint density at radius 3 is 2.38 bits per heavy atom. The van der Waals surface area contributed by atoms with Crippen LogP contribution < -0.4 is 4.72 Å². The maximum Gasteiger partial charge on any atom is 0.250 e. The Labute approximate surface area is 138 Å². The molecule has 0 spiro atoms. The summed E-state index contributed by atoms with van der Waals surface area (Å²) in [6, 6.07) is 13.1. The number of halogens is 1. The molecule has 0 aliphatic heterocycles. The first kappa shape index (κ1) is 16.7. The standard InChI is InChI=1S/C15H18BrNO2S2/c1-3-13-9-10-14(20-13)21(18,19)17-15(2,11-16)12-7-5-4-6-8-12/h4-10,17H,3,11H2,1-2H3. The van der Waals surface area contributed by atoms with Gasteiger partial charge in [0.15, 0.2) is 0 Å². The van der Waals surface area contributed by atoms with Gasteiger partial charge in [0, 0.05) is 10.2 Å². The lowest BCUT2D eigenvalue weighted by atomic mass is 9.96. The highest BCUT2D eigenvalue weighted by atomic mass is 79.9. The van der Waals surface area contributed by atoms with Crippen LogP contribution in [0.25, 0.3) is 0 Å². The van der Waals surface area contributed by atoms with Crippen LogP contribution in [0.3, 0.4) is 0 Å². The van der Waals surface area contributed by atoms with E-state index >= 15 is 0 Å². The third kappa shape index (κ3) is 3.74. The first-order valence-corrected chi connectivity index (χ1v) is 10.1. The van der Waals surface area contributed by atoms with Gasteiger partial charge >= 0.3 is 0 Å². The highest BCUT2D eigenvalue weighted by molar-refractivity contribution is 9.09. The first-order chi connectivity index (χ1) is 9.91. The zero-order valence-electron chi connectivity index (χ0n) is 12.0. The summed E-state index contributed by atoms with van der Waals surface area (Å²) < 4.78 is 28.4. The van der Waals surface area contributed by atoms with Crippen LogP contribution in [-0.2, 0) is 22.0 Å². The molecule has 114 valence electrons. The maximum absolute atomic E-state index is 12.6. The molecule has 2 aromatic rings. The number of sulfonamides is 1. The highest BCUT2D eigenvalue weighted by Crippen LogP contribution is 2.28.